The minimum absolute atomic E-state index is 0.0672. The normalized spacial score (nSPS) is 18.9. The zero-order valence-electron chi connectivity index (χ0n) is 18.2. The van der Waals surface area contributed by atoms with E-state index in [4.69, 9.17) is 0 Å². The highest BCUT2D eigenvalue weighted by molar-refractivity contribution is 5.78. The fraction of sp³-hybridized carbons (Fsp3) is 0.708. The molecule has 164 valence electrons. The van der Waals surface area contributed by atoms with E-state index in [2.05, 4.69) is 17.6 Å². The first-order chi connectivity index (χ1) is 14.1. The highest BCUT2D eigenvalue weighted by atomic mass is 19.2. The van der Waals surface area contributed by atoms with Crippen molar-refractivity contribution in [1.29, 1.82) is 0 Å². The molecule has 1 aliphatic rings. The van der Waals surface area contributed by atoms with Crippen molar-refractivity contribution in [3.8, 4) is 0 Å². The van der Waals surface area contributed by atoms with Gasteiger partial charge < -0.3 is 10.6 Å². The molecule has 2 unspecified atom stereocenters. The molecule has 0 aliphatic heterocycles. The molecular weight excluding hydrogens is 370 g/mol. The predicted octanol–water partition coefficient (Wildman–Crippen LogP) is 5.30. The summed E-state index contributed by atoms with van der Waals surface area (Å²) in [5, 5.41) is 6.09. The Balaban J connectivity index is 1.71. The Kier molecular flexibility index (Phi) is 10.6. The van der Waals surface area contributed by atoms with Crippen LogP contribution >= 0.6 is 0 Å². The SMILES string of the molecule is CCCCCCCCCc1ccc(CCNC2CCC(C(=O)NC)C2)c(F)c1F. The summed E-state index contributed by atoms with van der Waals surface area (Å²) >= 11 is 0. The van der Waals surface area contributed by atoms with Crippen LogP contribution in [0.15, 0.2) is 12.1 Å². The molecule has 3 nitrogen and oxygen atoms in total. The van der Waals surface area contributed by atoms with Crippen LogP contribution in [0.2, 0.25) is 0 Å². The topological polar surface area (TPSA) is 41.1 Å². The molecule has 1 aromatic carbocycles. The third kappa shape index (κ3) is 7.69. The van der Waals surface area contributed by atoms with E-state index in [1.165, 1.54) is 32.1 Å². The maximum atomic E-state index is 14.4. The van der Waals surface area contributed by atoms with Crippen LogP contribution in [0.5, 0.6) is 0 Å². The number of carbonyl (C=O) groups excluding carboxylic acids is 1. The van der Waals surface area contributed by atoms with Gasteiger partial charge in [0.15, 0.2) is 11.6 Å². The lowest BCUT2D eigenvalue weighted by Crippen LogP contribution is -2.31. The van der Waals surface area contributed by atoms with Crippen LogP contribution in [0.25, 0.3) is 0 Å². The van der Waals surface area contributed by atoms with Gasteiger partial charge in [-0.3, -0.25) is 4.79 Å². The van der Waals surface area contributed by atoms with Crippen LogP contribution in [0, 0.1) is 17.6 Å². The maximum Gasteiger partial charge on any atom is 0.222 e. The largest absolute Gasteiger partial charge is 0.359 e. The Morgan fingerprint density at radius 3 is 2.24 bits per heavy atom. The Labute approximate surface area is 175 Å². The third-order valence-corrected chi connectivity index (χ3v) is 6.17. The van der Waals surface area contributed by atoms with Gasteiger partial charge in [0.2, 0.25) is 5.91 Å². The molecule has 0 aromatic heterocycles. The maximum absolute atomic E-state index is 14.4. The number of unbranched alkanes of at least 4 members (excludes halogenated alkanes) is 6. The molecule has 0 heterocycles. The van der Waals surface area contributed by atoms with Crippen molar-refractivity contribution >= 4 is 5.91 Å². The van der Waals surface area contributed by atoms with Gasteiger partial charge in [-0.05, 0) is 56.2 Å². The third-order valence-electron chi connectivity index (χ3n) is 6.17. The fourth-order valence-electron chi connectivity index (χ4n) is 4.31. The van der Waals surface area contributed by atoms with Crippen LogP contribution in [0.4, 0.5) is 8.78 Å². The first kappa shape index (κ1) is 23.8. The van der Waals surface area contributed by atoms with Crippen LogP contribution in [-0.4, -0.2) is 25.5 Å². The van der Waals surface area contributed by atoms with Crippen molar-refractivity contribution in [1.82, 2.24) is 10.6 Å². The predicted molar refractivity (Wildman–Crippen MR) is 115 cm³/mol. The molecule has 1 fully saturated rings. The average Bonchev–Trinajstić information content (AvgIpc) is 3.20. The molecule has 0 radical (unpaired) electrons. The molecular formula is C24H38F2N2O. The molecule has 1 saturated carbocycles. The first-order valence-corrected chi connectivity index (χ1v) is 11.5. The number of amides is 1. The number of hydrogen-bond donors (Lipinski definition) is 2. The van der Waals surface area contributed by atoms with Gasteiger partial charge in [0.25, 0.3) is 0 Å². The number of hydrogen-bond acceptors (Lipinski definition) is 2. The van der Waals surface area contributed by atoms with Gasteiger partial charge in [-0.1, -0.05) is 57.6 Å². The number of rotatable bonds is 13. The Morgan fingerprint density at radius 1 is 0.966 bits per heavy atom. The second kappa shape index (κ2) is 12.9. The molecule has 1 amide bonds. The van der Waals surface area contributed by atoms with Crippen LogP contribution < -0.4 is 10.6 Å². The monoisotopic (exact) mass is 408 g/mol. The van der Waals surface area contributed by atoms with Crippen LogP contribution in [0.1, 0.15) is 82.3 Å². The Morgan fingerprint density at radius 2 is 1.59 bits per heavy atom. The Bertz CT molecular complexity index is 636. The average molecular weight is 409 g/mol. The molecule has 2 rings (SSSR count). The van der Waals surface area contributed by atoms with Crippen LogP contribution in [0.3, 0.4) is 0 Å². The summed E-state index contributed by atoms with van der Waals surface area (Å²) in [6.45, 7) is 2.80. The van der Waals surface area contributed by atoms with Crippen molar-refractivity contribution in [3.05, 3.63) is 34.9 Å². The van der Waals surface area contributed by atoms with E-state index in [1.54, 1.807) is 19.2 Å². The van der Waals surface area contributed by atoms with E-state index in [-0.39, 0.29) is 17.9 Å². The van der Waals surface area contributed by atoms with Gasteiger partial charge in [-0.2, -0.15) is 0 Å². The molecule has 1 aliphatic carbocycles. The van der Waals surface area contributed by atoms with Crippen LogP contribution in [-0.2, 0) is 17.6 Å². The molecule has 1 aromatic rings. The minimum atomic E-state index is -0.693. The number of aryl methyl sites for hydroxylation is 1. The molecule has 29 heavy (non-hydrogen) atoms. The lowest BCUT2D eigenvalue weighted by molar-refractivity contribution is -0.124. The molecule has 5 heteroatoms. The molecule has 2 N–H and O–H groups in total. The van der Waals surface area contributed by atoms with Gasteiger partial charge in [-0.25, -0.2) is 8.78 Å². The second-order valence-corrected chi connectivity index (χ2v) is 8.41. The summed E-state index contributed by atoms with van der Waals surface area (Å²) in [5.74, 6) is -1.20. The first-order valence-electron chi connectivity index (χ1n) is 11.5. The summed E-state index contributed by atoms with van der Waals surface area (Å²) in [6.07, 6.45) is 11.9. The van der Waals surface area contributed by atoms with Crippen molar-refractivity contribution < 1.29 is 13.6 Å². The van der Waals surface area contributed by atoms with E-state index in [0.29, 0.717) is 30.5 Å². The zero-order chi connectivity index (χ0) is 21.1. The highest BCUT2D eigenvalue weighted by Crippen LogP contribution is 2.26. The summed E-state index contributed by atoms with van der Waals surface area (Å²) in [4.78, 5) is 11.7. The standard InChI is InChI=1S/C24H38F2N2O/c1-3-4-5-6-7-8-9-10-18-11-12-19(23(26)22(18)25)15-16-28-21-14-13-20(17-21)24(29)27-2/h11-12,20-21,28H,3-10,13-17H2,1-2H3,(H,27,29). The van der Waals surface area contributed by atoms with Crippen molar-refractivity contribution in [2.24, 2.45) is 5.92 Å². The van der Waals surface area contributed by atoms with Crippen molar-refractivity contribution in [2.45, 2.75) is 90.0 Å². The zero-order valence-corrected chi connectivity index (χ0v) is 18.2. The van der Waals surface area contributed by atoms with Gasteiger partial charge in [0.05, 0.1) is 0 Å². The lowest BCUT2D eigenvalue weighted by atomic mass is 10.0. The van der Waals surface area contributed by atoms with Gasteiger partial charge in [0.1, 0.15) is 0 Å². The van der Waals surface area contributed by atoms with Gasteiger partial charge in [0, 0.05) is 19.0 Å². The fourth-order valence-corrected chi connectivity index (χ4v) is 4.31. The Hall–Kier alpha value is -1.49. The molecule has 0 spiro atoms. The smallest absolute Gasteiger partial charge is 0.222 e. The number of nitrogens with one attached hydrogen (secondary N) is 2. The lowest BCUT2D eigenvalue weighted by Gasteiger charge is -2.14. The number of carbonyl (C=O) groups is 1. The van der Waals surface area contributed by atoms with E-state index in [0.717, 1.165) is 32.1 Å². The number of benzene rings is 1. The van der Waals surface area contributed by atoms with Crippen molar-refractivity contribution in [2.75, 3.05) is 13.6 Å². The quantitative estimate of drug-likeness (QED) is 0.435. The van der Waals surface area contributed by atoms with Gasteiger partial charge >= 0.3 is 0 Å². The summed E-state index contributed by atoms with van der Waals surface area (Å²) < 4.78 is 28.8. The summed E-state index contributed by atoms with van der Waals surface area (Å²) in [7, 11) is 1.66. The van der Waals surface area contributed by atoms with E-state index in [1.807, 2.05) is 0 Å². The highest BCUT2D eigenvalue weighted by Gasteiger charge is 2.28. The molecule has 0 bridgehead atoms. The summed E-state index contributed by atoms with van der Waals surface area (Å²) in [6, 6.07) is 3.77. The molecule has 0 saturated heterocycles. The second-order valence-electron chi connectivity index (χ2n) is 8.41. The number of halogens is 2. The van der Waals surface area contributed by atoms with Gasteiger partial charge in [-0.15, -0.1) is 0 Å². The molecule has 2 atom stereocenters. The van der Waals surface area contributed by atoms with Crippen molar-refractivity contribution in [3.63, 3.8) is 0 Å². The summed E-state index contributed by atoms with van der Waals surface area (Å²) in [5.41, 5.74) is 0.927. The van der Waals surface area contributed by atoms with E-state index < -0.39 is 11.6 Å². The van der Waals surface area contributed by atoms with E-state index in [9.17, 15) is 13.6 Å². The van der Waals surface area contributed by atoms with E-state index >= 15 is 0 Å². The minimum Gasteiger partial charge on any atom is -0.359 e.